The highest BCUT2D eigenvalue weighted by Crippen LogP contribution is 2.32. The minimum Gasteiger partial charge on any atom is -0.399 e. The standard InChI is InChI=1S/C19H16F3N5O3S.C12H13N5O.C7H4ClF3O2S/c1-11-5-6-13(8-16(11)17(28)26-14-9-24-18(23)25-10-14)27-31(29,30)15-4-2-3-12(7-15)19(20,21)22;1-7-2-3-8(13)4-10(7)11(18)17-9-5-15-12(14)16-6-9;8-14(12,13)6-3-1-2-5(4-6)7(9,10)11/h2-10,27H,1H3,(H,26,28)(H2,23,24,25);2-6H,13H2,1H3,(H,17,18)(H2,14,15,16);1-4H. The summed E-state index contributed by atoms with van der Waals surface area (Å²) in [6.07, 6.45) is -3.76. The second-order valence-corrected chi connectivity index (χ2v) is 17.0. The maximum absolute atomic E-state index is 12.9. The highest BCUT2D eigenvalue weighted by molar-refractivity contribution is 8.13. The van der Waals surface area contributed by atoms with E-state index < -0.39 is 58.3 Å². The molecular weight excluding hydrogens is 906 g/mol. The summed E-state index contributed by atoms with van der Waals surface area (Å²) in [7, 11) is -3.56. The minimum absolute atomic E-state index is 0.00159. The van der Waals surface area contributed by atoms with Gasteiger partial charge in [-0.1, -0.05) is 24.3 Å². The van der Waals surface area contributed by atoms with Crippen molar-refractivity contribution in [3.05, 3.63) is 143 Å². The van der Waals surface area contributed by atoms with Crippen LogP contribution in [0.5, 0.6) is 0 Å². The van der Waals surface area contributed by atoms with Gasteiger partial charge in [0.15, 0.2) is 0 Å². The first-order chi connectivity index (χ1) is 29.2. The molecule has 2 heterocycles. The van der Waals surface area contributed by atoms with E-state index >= 15 is 0 Å². The molecule has 6 rings (SSSR count). The second kappa shape index (κ2) is 19.8. The number of nitrogens with one attached hydrogen (secondary N) is 3. The molecule has 63 heavy (non-hydrogen) atoms. The van der Waals surface area contributed by atoms with Crippen LogP contribution in [0.25, 0.3) is 0 Å². The normalized spacial score (nSPS) is 11.5. The predicted octanol–water partition coefficient (Wildman–Crippen LogP) is 7.27. The lowest BCUT2D eigenvalue weighted by atomic mass is 10.1. The SMILES string of the molecule is Cc1ccc(N)cc1C(=O)Nc1cnc(N)nc1.Cc1ccc(NS(=O)(=O)c2cccc(C(F)(F)F)c2)cc1C(=O)Nc1cnc(N)nc1.O=S(=O)(Cl)c1cccc(C(F)(F)F)c1. The highest BCUT2D eigenvalue weighted by atomic mass is 35.7. The number of amides is 2. The lowest BCUT2D eigenvalue weighted by Crippen LogP contribution is -2.17. The van der Waals surface area contributed by atoms with Crippen LogP contribution in [-0.2, 0) is 31.4 Å². The first kappa shape index (κ1) is 48.6. The Morgan fingerprint density at radius 1 is 0.571 bits per heavy atom. The van der Waals surface area contributed by atoms with Gasteiger partial charge in [-0.2, -0.15) is 26.3 Å². The Morgan fingerprint density at radius 3 is 1.43 bits per heavy atom. The van der Waals surface area contributed by atoms with Crippen molar-refractivity contribution in [1.82, 2.24) is 19.9 Å². The van der Waals surface area contributed by atoms with Gasteiger partial charge in [0, 0.05) is 33.2 Å². The van der Waals surface area contributed by atoms with Crippen LogP contribution in [-0.4, -0.2) is 48.6 Å². The van der Waals surface area contributed by atoms with Crippen LogP contribution < -0.4 is 32.6 Å². The Kier molecular flexibility index (Phi) is 15.3. The quantitative estimate of drug-likeness (QED) is 0.0498. The number of aromatic nitrogens is 4. The Labute approximate surface area is 359 Å². The second-order valence-electron chi connectivity index (χ2n) is 12.8. The molecule has 0 aliphatic heterocycles. The molecule has 2 amide bonds. The summed E-state index contributed by atoms with van der Waals surface area (Å²) >= 11 is 0. The summed E-state index contributed by atoms with van der Waals surface area (Å²) < 4.78 is 124. The van der Waals surface area contributed by atoms with E-state index in [1.807, 2.05) is 6.92 Å². The van der Waals surface area contributed by atoms with E-state index in [2.05, 4.69) is 35.3 Å². The fourth-order valence-corrected chi connectivity index (χ4v) is 6.79. The van der Waals surface area contributed by atoms with Gasteiger partial charge in [0.05, 0.1) is 57.1 Å². The first-order valence-electron chi connectivity index (χ1n) is 17.3. The van der Waals surface area contributed by atoms with E-state index in [1.54, 1.807) is 25.1 Å². The van der Waals surface area contributed by atoms with E-state index in [4.69, 9.17) is 27.9 Å². The summed E-state index contributed by atoms with van der Waals surface area (Å²) in [6.45, 7) is 3.48. The number of carbonyl (C=O) groups excluding carboxylic acids is 2. The number of nitrogen functional groups attached to an aromatic ring is 3. The van der Waals surface area contributed by atoms with Crippen LogP contribution in [0.3, 0.4) is 0 Å². The number of benzene rings is 4. The van der Waals surface area contributed by atoms with Crippen LogP contribution in [0.2, 0.25) is 0 Å². The summed E-state index contributed by atoms with van der Waals surface area (Å²) in [5, 5.41) is 5.23. The van der Waals surface area contributed by atoms with Crippen molar-refractivity contribution in [3.8, 4) is 0 Å². The number of sulfonamides is 1. The number of anilines is 6. The van der Waals surface area contributed by atoms with Crippen LogP contribution >= 0.6 is 10.7 Å². The van der Waals surface area contributed by atoms with Crippen LogP contribution in [0.1, 0.15) is 43.0 Å². The maximum Gasteiger partial charge on any atom is 0.416 e. The molecule has 16 nitrogen and oxygen atoms in total. The zero-order valence-electron chi connectivity index (χ0n) is 32.3. The average molecular weight is 939 g/mol. The lowest BCUT2D eigenvalue weighted by molar-refractivity contribution is -0.138. The Hall–Kier alpha value is -7.05. The van der Waals surface area contributed by atoms with Gasteiger partial charge in [0.1, 0.15) is 0 Å². The van der Waals surface area contributed by atoms with Crippen LogP contribution in [0, 0.1) is 13.8 Å². The van der Waals surface area contributed by atoms with E-state index in [-0.39, 0.29) is 34.7 Å². The molecule has 0 spiro atoms. The molecule has 4 aromatic carbocycles. The van der Waals surface area contributed by atoms with Gasteiger partial charge >= 0.3 is 12.4 Å². The topological polar surface area (TPSA) is 268 Å². The van der Waals surface area contributed by atoms with E-state index in [0.717, 1.165) is 42.0 Å². The summed E-state index contributed by atoms with van der Waals surface area (Å²) in [4.78, 5) is 38.5. The van der Waals surface area contributed by atoms with Crippen molar-refractivity contribution in [2.45, 2.75) is 36.0 Å². The van der Waals surface area contributed by atoms with E-state index in [9.17, 15) is 52.8 Å². The van der Waals surface area contributed by atoms with Crippen LogP contribution in [0.4, 0.5) is 61.0 Å². The fraction of sp³-hybridized carbons (Fsp3) is 0.105. The zero-order valence-corrected chi connectivity index (χ0v) is 34.7. The molecule has 0 atom stereocenters. The Bertz CT molecular complexity index is 2840. The Morgan fingerprint density at radius 2 is 0.984 bits per heavy atom. The van der Waals surface area contributed by atoms with Gasteiger partial charge in [-0.3, -0.25) is 14.3 Å². The molecule has 0 radical (unpaired) electrons. The van der Waals surface area contributed by atoms with Gasteiger partial charge in [0.2, 0.25) is 11.9 Å². The molecule has 0 unspecified atom stereocenters. The number of hydrogen-bond donors (Lipinski definition) is 6. The molecule has 0 saturated carbocycles. The van der Waals surface area contributed by atoms with Crippen molar-refractivity contribution < 1.29 is 52.8 Å². The summed E-state index contributed by atoms with van der Waals surface area (Å²) in [6, 6.07) is 15.9. The molecule has 2 aromatic heterocycles. The van der Waals surface area contributed by atoms with Gasteiger partial charge in [0.25, 0.3) is 30.9 Å². The molecule has 332 valence electrons. The Balaban J connectivity index is 0.000000230. The van der Waals surface area contributed by atoms with Gasteiger partial charge in [-0.15, -0.1) is 0 Å². The minimum atomic E-state index is -4.69. The molecule has 0 saturated heterocycles. The molecule has 0 aliphatic rings. The lowest BCUT2D eigenvalue weighted by Gasteiger charge is -2.13. The average Bonchev–Trinajstić information content (AvgIpc) is 3.21. The third-order valence-electron chi connectivity index (χ3n) is 8.01. The number of carbonyl (C=O) groups is 2. The van der Waals surface area contributed by atoms with Crippen molar-refractivity contribution in [2.75, 3.05) is 32.6 Å². The molecule has 0 bridgehead atoms. The van der Waals surface area contributed by atoms with E-state index in [0.29, 0.717) is 34.6 Å². The summed E-state index contributed by atoms with van der Waals surface area (Å²) in [5.74, 6) is -0.632. The number of rotatable bonds is 8. The zero-order chi connectivity index (χ0) is 46.9. The van der Waals surface area contributed by atoms with Crippen molar-refractivity contribution in [3.63, 3.8) is 0 Å². The molecule has 0 aliphatic carbocycles. The third kappa shape index (κ3) is 14.3. The number of hydrogen-bond acceptors (Lipinski definition) is 13. The van der Waals surface area contributed by atoms with E-state index in [1.165, 1.54) is 43.0 Å². The third-order valence-corrected chi connectivity index (χ3v) is 10.7. The predicted molar refractivity (Wildman–Crippen MR) is 222 cm³/mol. The largest absolute Gasteiger partial charge is 0.416 e. The smallest absolute Gasteiger partial charge is 0.399 e. The highest BCUT2D eigenvalue weighted by Gasteiger charge is 2.32. The number of nitrogens with two attached hydrogens (primary N) is 3. The summed E-state index contributed by atoms with van der Waals surface area (Å²) in [5.41, 5.74) is 17.6. The number of alkyl halides is 6. The maximum atomic E-state index is 12.9. The van der Waals surface area contributed by atoms with Crippen molar-refractivity contribution >= 4 is 76.2 Å². The number of halogens is 7. The number of aryl methyl sites for hydroxylation is 2. The van der Waals surface area contributed by atoms with Gasteiger partial charge < -0.3 is 27.8 Å². The van der Waals surface area contributed by atoms with Gasteiger partial charge in [-0.05, 0) is 85.6 Å². The molecule has 6 aromatic rings. The molecule has 0 fully saturated rings. The van der Waals surface area contributed by atoms with Crippen molar-refractivity contribution in [2.24, 2.45) is 0 Å². The first-order valence-corrected chi connectivity index (χ1v) is 21.1. The monoisotopic (exact) mass is 938 g/mol. The number of nitrogens with zero attached hydrogens (tertiary/aromatic N) is 4. The molecule has 25 heteroatoms. The molecular formula is C38H33ClF6N10O6S2. The van der Waals surface area contributed by atoms with Gasteiger partial charge in [-0.25, -0.2) is 36.8 Å². The van der Waals surface area contributed by atoms with Crippen LogP contribution in [0.15, 0.2) is 120 Å². The molecule has 9 N–H and O–H groups in total. The fourth-order valence-electron chi connectivity index (χ4n) is 4.89. The van der Waals surface area contributed by atoms with Crippen molar-refractivity contribution in [1.29, 1.82) is 0 Å².